The zero-order valence-electron chi connectivity index (χ0n) is 8.93. The van der Waals surface area contributed by atoms with Crippen molar-refractivity contribution in [3.63, 3.8) is 0 Å². The number of halogens is 5. The molecule has 0 aromatic heterocycles. The minimum absolute atomic E-state index is 0.184. The molecule has 0 amide bonds. The maximum atomic E-state index is 13.1. The second kappa shape index (κ2) is 4.40. The summed E-state index contributed by atoms with van der Waals surface area (Å²) in [6, 6.07) is 7.62. The molecule has 0 atom stereocenters. The van der Waals surface area contributed by atoms with Crippen molar-refractivity contribution in [2.45, 2.75) is 6.18 Å². The molecular weight excluding hydrogens is 251 g/mol. The molecule has 0 aliphatic rings. The maximum Gasteiger partial charge on any atom is 0.419 e. The van der Waals surface area contributed by atoms with E-state index in [1.54, 1.807) is 0 Å². The van der Waals surface area contributed by atoms with E-state index in [4.69, 9.17) is 0 Å². The molecule has 2 aromatic rings. The summed E-state index contributed by atoms with van der Waals surface area (Å²) in [6.45, 7) is 0. The van der Waals surface area contributed by atoms with E-state index < -0.39 is 23.4 Å². The maximum absolute atomic E-state index is 13.1. The van der Waals surface area contributed by atoms with Gasteiger partial charge in [0.15, 0.2) is 0 Å². The zero-order chi connectivity index (χ0) is 13.3. The minimum Gasteiger partial charge on any atom is -0.207 e. The molecule has 94 valence electrons. The van der Waals surface area contributed by atoms with E-state index in [0.717, 1.165) is 18.2 Å². The van der Waals surface area contributed by atoms with Crippen LogP contribution in [0.4, 0.5) is 22.0 Å². The van der Waals surface area contributed by atoms with E-state index >= 15 is 0 Å². The predicted octanol–water partition coefficient (Wildman–Crippen LogP) is 4.65. The predicted molar refractivity (Wildman–Crippen MR) is 56.8 cm³/mol. The van der Waals surface area contributed by atoms with Crippen LogP contribution in [-0.4, -0.2) is 0 Å². The molecule has 0 unspecified atom stereocenters. The van der Waals surface area contributed by atoms with Crippen molar-refractivity contribution in [2.75, 3.05) is 0 Å². The van der Waals surface area contributed by atoms with Crippen molar-refractivity contribution in [3.8, 4) is 11.1 Å². The Hall–Kier alpha value is -1.91. The zero-order valence-corrected chi connectivity index (χ0v) is 8.93. The lowest BCUT2D eigenvalue weighted by molar-refractivity contribution is -0.139. The normalized spacial score (nSPS) is 11.6. The van der Waals surface area contributed by atoms with Gasteiger partial charge in [0.05, 0.1) is 5.56 Å². The number of hydrogen-bond donors (Lipinski definition) is 0. The van der Waals surface area contributed by atoms with Crippen molar-refractivity contribution in [1.29, 1.82) is 0 Å². The Morgan fingerprint density at radius 1 is 0.722 bits per heavy atom. The number of benzene rings is 2. The van der Waals surface area contributed by atoms with Gasteiger partial charge < -0.3 is 0 Å². The van der Waals surface area contributed by atoms with Gasteiger partial charge >= 0.3 is 6.18 Å². The van der Waals surface area contributed by atoms with Crippen molar-refractivity contribution in [3.05, 3.63) is 59.7 Å². The molecule has 0 aliphatic carbocycles. The average Bonchev–Trinajstić information content (AvgIpc) is 2.29. The lowest BCUT2D eigenvalue weighted by atomic mass is 10.0. The number of alkyl halides is 3. The molecule has 0 saturated carbocycles. The summed E-state index contributed by atoms with van der Waals surface area (Å²) in [4.78, 5) is 0. The van der Waals surface area contributed by atoms with Crippen molar-refractivity contribution >= 4 is 0 Å². The second-order valence-corrected chi connectivity index (χ2v) is 3.70. The standard InChI is InChI=1S/C13H7F5/c14-10-4-1-8(2-5-10)9-3-6-12(15)11(7-9)13(16,17)18/h1-7H. The summed E-state index contributed by atoms with van der Waals surface area (Å²) in [5.74, 6) is -1.81. The van der Waals surface area contributed by atoms with Gasteiger partial charge in [0.1, 0.15) is 11.6 Å². The fraction of sp³-hybridized carbons (Fsp3) is 0.0769. The van der Waals surface area contributed by atoms with Crippen molar-refractivity contribution < 1.29 is 22.0 Å². The first kappa shape index (κ1) is 12.5. The molecule has 0 aliphatic heterocycles. The van der Waals surface area contributed by atoms with Gasteiger partial charge in [0, 0.05) is 0 Å². The largest absolute Gasteiger partial charge is 0.419 e. The lowest BCUT2D eigenvalue weighted by Gasteiger charge is -2.10. The molecule has 0 N–H and O–H groups in total. The highest BCUT2D eigenvalue weighted by atomic mass is 19.4. The molecule has 5 heteroatoms. The summed E-state index contributed by atoms with van der Waals surface area (Å²) >= 11 is 0. The number of rotatable bonds is 1. The van der Waals surface area contributed by atoms with Crippen LogP contribution in [0.25, 0.3) is 11.1 Å². The van der Waals surface area contributed by atoms with Gasteiger partial charge in [-0.1, -0.05) is 18.2 Å². The van der Waals surface area contributed by atoms with E-state index in [1.807, 2.05) is 0 Å². The molecule has 0 saturated heterocycles. The number of hydrogen-bond acceptors (Lipinski definition) is 0. The molecular formula is C13H7F5. The van der Waals surface area contributed by atoms with Gasteiger partial charge in [-0.05, 0) is 35.4 Å². The van der Waals surface area contributed by atoms with Crippen molar-refractivity contribution in [1.82, 2.24) is 0 Å². The summed E-state index contributed by atoms with van der Waals surface area (Å²) < 4.78 is 63.3. The fourth-order valence-corrected chi connectivity index (χ4v) is 1.56. The first-order valence-electron chi connectivity index (χ1n) is 5.00. The van der Waals surface area contributed by atoms with Crippen LogP contribution in [0.5, 0.6) is 0 Å². The third-order valence-corrected chi connectivity index (χ3v) is 2.45. The monoisotopic (exact) mass is 258 g/mol. The first-order chi connectivity index (χ1) is 8.38. The Balaban J connectivity index is 2.50. The van der Waals surface area contributed by atoms with Crippen molar-refractivity contribution in [2.24, 2.45) is 0 Å². The summed E-state index contributed by atoms with van der Waals surface area (Å²) in [6.07, 6.45) is -4.75. The van der Waals surface area contributed by atoms with E-state index in [1.165, 1.54) is 18.2 Å². The third kappa shape index (κ3) is 2.50. The van der Waals surface area contributed by atoms with E-state index in [0.29, 0.717) is 11.6 Å². The Bertz CT molecular complexity index is 555. The van der Waals surface area contributed by atoms with Crippen LogP contribution >= 0.6 is 0 Å². The molecule has 0 heterocycles. The smallest absolute Gasteiger partial charge is 0.207 e. The highest BCUT2D eigenvalue weighted by molar-refractivity contribution is 5.64. The van der Waals surface area contributed by atoms with Crippen LogP contribution in [0.3, 0.4) is 0 Å². The van der Waals surface area contributed by atoms with Crippen LogP contribution in [0.1, 0.15) is 5.56 Å². The fourth-order valence-electron chi connectivity index (χ4n) is 1.56. The Kier molecular flexibility index (Phi) is 3.07. The van der Waals surface area contributed by atoms with Crippen LogP contribution < -0.4 is 0 Å². The molecule has 0 radical (unpaired) electrons. The van der Waals surface area contributed by atoms with Gasteiger partial charge in [-0.2, -0.15) is 13.2 Å². The molecule has 0 nitrogen and oxygen atoms in total. The van der Waals surface area contributed by atoms with Gasteiger partial charge in [-0.15, -0.1) is 0 Å². The Morgan fingerprint density at radius 2 is 1.28 bits per heavy atom. The molecule has 2 rings (SSSR count). The second-order valence-electron chi connectivity index (χ2n) is 3.70. The molecule has 0 bridgehead atoms. The molecule has 0 spiro atoms. The molecule has 0 fully saturated rings. The molecule has 18 heavy (non-hydrogen) atoms. The van der Waals surface area contributed by atoms with E-state index in [-0.39, 0.29) is 5.56 Å². The quantitative estimate of drug-likeness (QED) is 0.653. The van der Waals surface area contributed by atoms with Crippen LogP contribution in [0.2, 0.25) is 0 Å². The van der Waals surface area contributed by atoms with Gasteiger partial charge in [0.2, 0.25) is 0 Å². The summed E-state index contributed by atoms with van der Waals surface area (Å²) in [5, 5.41) is 0. The highest BCUT2D eigenvalue weighted by Crippen LogP contribution is 2.34. The highest BCUT2D eigenvalue weighted by Gasteiger charge is 2.34. The minimum atomic E-state index is -4.75. The molecule has 2 aromatic carbocycles. The van der Waals surface area contributed by atoms with E-state index in [2.05, 4.69) is 0 Å². The summed E-state index contributed by atoms with van der Waals surface area (Å²) in [7, 11) is 0. The van der Waals surface area contributed by atoms with Gasteiger partial charge in [-0.25, -0.2) is 8.78 Å². The average molecular weight is 258 g/mol. The summed E-state index contributed by atoms with van der Waals surface area (Å²) in [5.41, 5.74) is -0.755. The first-order valence-corrected chi connectivity index (χ1v) is 5.00. The van der Waals surface area contributed by atoms with Crippen LogP contribution in [-0.2, 0) is 6.18 Å². The van der Waals surface area contributed by atoms with Gasteiger partial charge in [-0.3, -0.25) is 0 Å². The van der Waals surface area contributed by atoms with Gasteiger partial charge in [0.25, 0.3) is 0 Å². The van der Waals surface area contributed by atoms with E-state index in [9.17, 15) is 22.0 Å². The van der Waals surface area contributed by atoms with Crippen LogP contribution in [0.15, 0.2) is 42.5 Å². The SMILES string of the molecule is Fc1ccc(-c2ccc(F)c(C(F)(F)F)c2)cc1. The Morgan fingerprint density at radius 3 is 1.83 bits per heavy atom. The topological polar surface area (TPSA) is 0 Å². The lowest BCUT2D eigenvalue weighted by Crippen LogP contribution is -2.08. The Labute approximate surface area is 99.7 Å². The third-order valence-electron chi connectivity index (χ3n) is 2.45. The van der Waals surface area contributed by atoms with Crippen LogP contribution in [0, 0.1) is 11.6 Å².